The number of unbranched alkanes of at least 4 members (excludes halogenated alkanes) is 5. The Morgan fingerprint density at radius 1 is 1.00 bits per heavy atom. The van der Waals surface area contributed by atoms with Gasteiger partial charge < -0.3 is 9.47 Å². The maximum absolute atomic E-state index is 11.3. The van der Waals surface area contributed by atoms with Crippen LogP contribution < -0.4 is 4.74 Å². The zero-order valence-corrected chi connectivity index (χ0v) is 19.5. The average Bonchev–Trinajstić information content (AvgIpc) is 2.84. The molecule has 0 bridgehead atoms. The minimum absolute atomic E-state index is 0.0100. The van der Waals surface area contributed by atoms with E-state index in [1.807, 2.05) is 24.3 Å². The molecule has 34 heavy (non-hydrogen) atoms. The number of hydrogen-bond donors (Lipinski definition) is 0. The Morgan fingerprint density at radius 2 is 1.59 bits per heavy atom. The highest BCUT2D eigenvalue weighted by atomic mass is 16.6. The molecule has 0 aromatic heterocycles. The van der Waals surface area contributed by atoms with Gasteiger partial charge in [-0.15, -0.1) is 0 Å². The Kier molecular flexibility index (Phi) is 11.1. The van der Waals surface area contributed by atoms with Crippen molar-refractivity contribution in [3.8, 4) is 11.8 Å². The summed E-state index contributed by atoms with van der Waals surface area (Å²) in [6, 6.07) is 15.5. The SMILES string of the molecule is C=C(C)C(=O)OCCCCCCCCOc1ccc(/C=C(\C#N)c2ccc([N+](=O)[O-])cc2)cc1. The predicted molar refractivity (Wildman–Crippen MR) is 132 cm³/mol. The number of carbonyl (C=O) groups is 1. The monoisotopic (exact) mass is 462 g/mol. The highest BCUT2D eigenvalue weighted by Crippen LogP contribution is 2.22. The molecular weight excluding hydrogens is 432 g/mol. The molecule has 7 nitrogen and oxygen atoms in total. The number of non-ortho nitro benzene ring substituents is 1. The summed E-state index contributed by atoms with van der Waals surface area (Å²) < 4.78 is 10.9. The zero-order chi connectivity index (χ0) is 24.8. The van der Waals surface area contributed by atoms with Crippen molar-refractivity contribution >= 4 is 23.3 Å². The smallest absolute Gasteiger partial charge is 0.333 e. The van der Waals surface area contributed by atoms with Crippen molar-refractivity contribution in [3.63, 3.8) is 0 Å². The molecule has 0 atom stereocenters. The number of nitriles is 1. The van der Waals surface area contributed by atoms with Crippen molar-refractivity contribution in [2.75, 3.05) is 13.2 Å². The summed E-state index contributed by atoms with van der Waals surface area (Å²) in [7, 11) is 0. The lowest BCUT2D eigenvalue weighted by atomic mass is 10.0. The van der Waals surface area contributed by atoms with E-state index in [1.165, 1.54) is 12.1 Å². The summed E-state index contributed by atoms with van der Waals surface area (Å²) in [6.45, 7) is 6.28. The first-order chi connectivity index (χ1) is 16.4. The van der Waals surface area contributed by atoms with Gasteiger partial charge in [0.05, 0.1) is 29.8 Å². The lowest BCUT2D eigenvalue weighted by Gasteiger charge is -2.07. The van der Waals surface area contributed by atoms with Crippen LogP contribution in [-0.2, 0) is 9.53 Å². The van der Waals surface area contributed by atoms with Crippen molar-refractivity contribution in [3.05, 3.63) is 81.9 Å². The van der Waals surface area contributed by atoms with Crippen molar-refractivity contribution in [2.24, 2.45) is 0 Å². The Labute approximate surface area is 200 Å². The predicted octanol–water partition coefficient (Wildman–Crippen LogP) is 6.50. The molecular formula is C27H30N2O5. The first-order valence-electron chi connectivity index (χ1n) is 11.3. The summed E-state index contributed by atoms with van der Waals surface area (Å²) in [5.74, 6) is 0.446. The van der Waals surface area contributed by atoms with Gasteiger partial charge in [-0.2, -0.15) is 5.26 Å². The molecule has 0 saturated heterocycles. The Bertz CT molecular complexity index is 1030. The molecule has 0 aliphatic rings. The van der Waals surface area contributed by atoms with Gasteiger partial charge in [-0.05, 0) is 61.2 Å². The molecule has 0 saturated carbocycles. The van der Waals surface area contributed by atoms with Gasteiger partial charge in [-0.3, -0.25) is 10.1 Å². The van der Waals surface area contributed by atoms with Crippen molar-refractivity contribution in [1.82, 2.24) is 0 Å². The second-order valence-corrected chi connectivity index (χ2v) is 7.93. The second-order valence-electron chi connectivity index (χ2n) is 7.93. The van der Waals surface area contributed by atoms with Crippen LogP contribution in [0, 0.1) is 21.4 Å². The Balaban J connectivity index is 1.68. The quantitative estimate of drug-likeness (QED) is 0.0604. The van der Waals surface area contributed by atoms with Gasteiger partial charge in [0, 0.05) is 17.7 Å². The van der Waals surface area contributed by atoms with Crippen LogP contribution >= 0.6 is 0 Å². The Hall–Kier alpha value is -3.92. The number of carbonyl (C=O) groups excluding carboxylic acids is 1. The van der Waals surface area contributed by atoms with Crippen LogP contribution in [0.25, 0.3) is 11.6 Å². The van der Waals surface area contributed by atoms with E-state index in [0.29, 0.717) is 29.9 Å². The summed E-state index contributed by atoms with van der Waals surface area (Å²) in [4.78, 5) is 21.6. The van der Waals surface area contributed by atoms with E-state index in [1.54, 1.807) is 25.1 Å². The number of benzene rings is 2. The van der Waals surface area contributed by atoms with Gasteiger partial charge in [0.15, 0.2) is 0 Å². The molecule has 0 amide bonds. The number of hydrogen-bond acceptors (Lipinski definition) is 6. The van der Waals surface area contributed by atoms with E-state index >= 15 is 0 Å². The van der Waals surface area contributed by atoms with E-state index in [-0.39, 0.29) is 11.7 Å². The largest absolute Gasteiger partial charge is 0.494 e. The van der Waals surface area contributed by atoms with Gasteiger partial charge in [0.1, 0.15) is 5.75 Å². The first-order valence-corrected chi connectivity index (χ1v) is 11.3. The number of nitro benzene ring substituents is 1. The van der Waals surface area contributed by atoms with E-state index < -0.39 is 4.92 Å². The molecule has 0 radical (unpaired) electrons. The fourth-order valence-electron chi connectivity index (χ4n) is 3.16. The second kappa shape index (κ2) is 14.3. The molecule has 0 unspecified atom stereocenters. The third-order valence-corrected chi connectivity index (χ3v) is 5.09. The maximum atomic E-state index is 11.3. The Morgan fingerprint density at radius 3 is 2.15 bits per heavy atom. The average molecular weight is 463 g/mol. The first kappa shape index (κ1) is 26.3. The third-order valence-electron chi connectivity index (χ3n) is 5.09. The molecule has 2 rings (SSSR count). The lowest BCUT2D eigenvalue weighted by molar-refractivity contribution is -0.384. The number of allylic oxidation sites excluding steroid dienone is 1. The molecule has 0 heterocycles. The molecule has 2 aromatic rings. The van der Waals surface area contributed by atoms with Crippen LogP contribution in [0.3, 0.4) is 0 Å². The molecule has 0 aliphatic carbocycles. The standard InChI is InChI=1S/C27H30N2O5/c1-21(2)27(30)34-18-8-6-4-3-5-7-17-33-26-15-9-22(10-16-26)19-24(20-28)23-11-13-25(14-12-23)29(31)32/h9-16,19H,1,3-8,17-18H2,2H3/b24-19+. The molecule has 2 aromatic carbocycles. The summed E-state index contributed by atoms with van der Waals surface area (Å²) >= 11 is 0. The number of nitrogens with zero attached hydrogens (tertiary/aromatic N) is 2. The number of esters is 1. The van der Waals surface area contributed by atoms with Gasteiger partial charge in [-0.25, -0.2) is 4.79 Å². The van der Waals surface area contributed by atoms with Crippen molar-refractivity contribution in [1.29, 1.82) is 5.26 Å². The molecule has 0 N–H and O–H groups in total. The maximum Gasteiger partial charge on any atom is 0.333 e. The minimum Gasteiger partial charge on any atom is -0.494 e. The van der Waals surface area contributed by atoms with Crippen LogP contribution in [0.15, 0.2) is 60.7 Å². The van der Waals surface area contributed by atoms with E-state index in [9.17, 15) is 20.2 Å². The third kappa shape index (κ3) is 9.29. The van der Waals surface area contributed by atoms with Crippen LogP contribution in [0.1, 0.15) is 56.6 Å². The topological polar surface area (TPSA) is 102 Å². The number of ether oxygens (including phenoxy) is 2. The van der Waals surface area contributed by atoms with Crippen molar-refractivity contribution < 1.29 is 19.2 Å². The fourth-order valence-corrected chi connectivity index (χ4v) is 3.16. The molecule has 178 valence electrons. The lowest BCUT2D eigenvalue weighted by Crippen LogP contribution is -2.06. The van der Waals surface area contributed by atoms with Crippen LogP contribution in [-0.4, -0.2) is 24.1 Å². The number of rotatable bonds is 14. The van der Waals surface area contributed by atoms with Gasteiger partial charge in [-0.1, -0.05) is 44.4 Å². The summed E-state index contributed by atoms with van der Waals surface area (Å²) in [5, 5.41) is 20.2. The van der Waals surface area contributed by atoms with E-state index in [4.69, 9.17) is 9.47 Å². The van der Waals surface area contributed by atoms with E-state index in [0.717, 1.165) is 49.8 Å². The van der Waals surface area contributed by atoms with Crippen LogP contribution in [0.5, 0.6) is 5.75 Å². The number of nitro groups is 1. The van der Waals surface area contributed by atoms with Crippen LogP contribution in [0.2, 0.25) is 0 Å². The molecule has 0 spiro atoms. The molecule has 7 heteroatoms. The van der Waals surface area contributed by atoms with Gasteiger partial charge >= 0.3 is 5.97 Å². The van der Waals surface area contributed by atoms with Gasteiger partial charge in [0.2, 0.25) is 0 Å². The van der Waals surface area contributed by atoms with Crippen molar-refractivity contribution in [2.45, 2.75) is 45.4 Å². The molecule has 0 aliphatic heterocycles. The van der Waals surface area contributed by atoms with Crippen LogP contribution in [0.4, 0.5) is 5.69 Å². The minimum atomic E-state index is -0.467. The van der Waals surface area contributed by atoms with Gasteiger partial charge in [0.25, 0.3) is 5.69 Å². The van der Waals surface area contributed by atoms with E-state index in [2.05, 4.69) is 12.6 Å². The normalized spacial score (nSPS) is 10.9. The highest BCUT2D eigenvalue weighted by Gasteiger charge is 2.07. The highest BCUT2D eigenvalue weighted by molar-refractivity contribution is 5.89. The zero-order valence-electron chi connectivity index (χ0n) is 19.5. The fraction of sp³-hybridized carbons (Fsp3) is 0.333. The summed E-state index contributed by atoms with van der Waals surface area (Å²) in [6.07, 6.45) is 7.89. The molecule has 0 fully saturated rings. The summed E-state index contributed by atoms with van der Waals surface area (Å²) in [5.41, 5.74) is 2.32.